The molecule has 0 aliphatic heterocycles. The largest absolute Gasteiger partial charge is 0.416 e. The topological polar surface area (TPSA) is 25.8 Å². The molecule has 8 heteroatoms. The molecule has 162 valence electrons. The second-order valence-electron chi connectivity index (χ2n) is 7.74. The van der Waals surface area contributed by atoms with Crippen molar-refractivity contribution in [3.8, 4) is 21.7 Å². The first kappa shape index (κ1) is 21.4. The van der Waals surface area contributed by atoms with Crippen LogP contribution in [0.2, 0.25) is 5.02 Å². The van der Waals surface area contributed by atoms with Gasteiger partial charge in [0.2, 0.25) is 0 Å². The van der Waals surface area contributed by atoms with Crippen LogP contribution < -0.4 is 0 Å². The lowest BCUT2D eigenvalue weighted by Crippen LogP contribution is -2.03. The van der Waals surface area contributed by atoms with Crippen LogP contribution in [0.1, 0.15) is 30.2 Å². The molecule has 0 bridgehead atoms. The standard InChI is InChI=1S/C24H16ClF3N2S2/c1-12(2)18-11-16-19(15-5-3-4-6-17(15)25)20-23(30-22(16)31-18)32-21(29-20)13-7-9-14(10-8-13)24(26,27)28/h3-12H,1-2H3. The molecule has 0 fully saturated rings. The van der Waals surface area contributed by atoms with Gasteiger partial charge >= 0.3 is 6.18 Å². The number of thiazole rings is 1. The molecule has 0 saturated heterocycles. The van der Waals surface area contributed by atoms with Crippen molar-refractivity contribution >= 4 is 54.8 Å². The number of benzene rings is 2. The van der Waals surface area contributed by atoms with E-state index >= 15 is 0 Å². The van der Waals surface area contributed by atoms with E-state index in [1.54, 1.807) is 11.3 Å². The van der Waals surface area contributed by atoms with Crippen molar-refractivity contribution in [2.24, 2.45) is 0 Å². The highest BCUT2D eigenvalue weighted by Gasteiger charge is 2.30. The molecule has 2 nitrogen and oxygen atoms in total. The van der Waals surface area contributed by atoms with Crippen LogP contribution in [0.4, 0.5) is 13.2 Å². The SMILES string of the molecule is CC(C)c1cc2c(-c3ccccc3Cl)c3nc(-c4ccc(C(F)(F)F)cc4)sc3nc2s1. The van der Waals surface area contributed by atoms with Crippen molar-refractivity contribution in [3.05, 3.63) is 70.1 Å². The van der Waals surface area contributed by atoms with E-state index in [2.05, 4.69) is 19.9 Å². The van der Waals surface area contributed by atoms with Gasteiger partial charge in [-0.15, -0.1) is 11.3 Å². The number of rotatable bonds is 3. The summed E-state index contributed by atoms with van der Waals surface area (Å²) < 4.78 is 38.8. The number of aromatic nitrogens is 2. The van der Waals surface area contributed by atoms with E-state index in [1.165, 1.54) is 28.3 Å². The van der Waals surface area contributed by atoms with Crippen molar-refractivity contribution < 1.29 is 13.2 Å². The molecular formula is C24H16ClF3N2S2. The highest BCUT2D eigenvalue weighted by Crippen LogP contribution is 2.44. The number of alkyl halides is 3. The van der Waals surface area contributed by atoms with E-state index < -0.39 is 11.7 Å². The van der Waals surface area contributed by atoms with Gasteiger partial charge in [-0.1, -0.05) is 67.1 Å². The summed E-state index contributed by atoms with van der Waals surface area (Å²) in [5.74, 6) is 0.363. The van der Waals surface area contributed by atoms with E-state index in [0.717, 1.165) is 38.3 Å². The summed E-state index contributed by atoms with van der Waals surface area (Å²) in [6.45, 7) is 4.28. The molecule has 0 aliphatic carbocycles. The Kier molecular flexibility index (Phi) is 5.23. The number of halogens is 4. The number of pyridine rings is 1. The normalized spacial score (nSPS) is 12.3. The molecule has 2 aromatic carbocycles. The van der Waals surface area contributed by atoms with Gasteiger partial charge in [-0.3, -0.25) is 0 Å². The fourth-order valence-electron chi connectivity index (χ4n) is 3.58. The fourth-order valence-corrected chi connectivity index (χ4v) is 5.87. The van der Waals surface area contributed by atoms with Crippen LogP contribution in [0.5, 0.6) is 0 Å². The summed E-state index contributed by atoms with van der Waals surface area (Å²) in [5, 5.41) is 2.22. The second-order valence-corrected chi connectivity index (χ2v) is 10.2. The highest BCUT2D eigenvalue weighted by atomic mass is 35.5. The van der Waals surface area contributed by atoms with Crippen molar-refractivity contribution in [2.45, 2.75) is 25.9 Å². The molecule has 5 aromatic rings. The molecule has 0 radical (unpaired) electrons. The van der Waals surface area contributed by atoms with E-state index in [-0.39, 0.29) is 0 Å². The summed E-state index contributed by atoms with van der Waals surface area (Å²) in [6, 6.07) is 14.8. The zero-order valence-electron chi connectivity index (χ0n) is 17.0. The minimum atomic E-state index is -4.37. The van der Waals surface area contributed by atoms with Gasteiger partial charge in [-0.25, -0.2) is 9.97 Å². The van der Waals surface area contributed by atoms with Crippen LogP contribution in [0.3, 0.4) is 0 Å². The van der Waals surface area contributed by atoms with Gasteiger partial charge in [0.05, 0.1) is 5.56 Å². The molecule has 0 spiro atoms. The van der Waals surface area contributed by atoms with Crippen LogP contribution in [0.15, 0.2) is 54.6 Å². The minimum absolute atomic E-state index is 0.363. The third kappa shape index (κ3) is 3.68. The zero-order valence-corrected chi connectivity index (χ0v) is 19.4. The van der Waals surface area contributed by atoms with Crippen molar-refractivity contribution in [2.75, 3.05) is 0 Å². The molecule has 0 saturated carbocycles. The lowest BCUT2D eigenvalue weighted by atomic mass is 10.0. The number of hydrogen-bond donors (Lipinski definition) is 0. The van der Waals surface area contributed by atoms with E-state index in [0.29, 0.717) is 27.0 Å². The smallest absolute Gasteiger partial charge is 0.234 e. The predicted molar refractivity (Wildman–Crippen MR) is 128 cm³/mol. The first-order valence-electron chi connectivity index (χ1n) is 9.89. The maximum absolute atomic E-state index is 12.9. The summed E-state index contributed by atoms with van der Waals surface area (Å²) in [4.78, 5) is 12.5. The van der Waals surface area contributed by atoms with Crippen LogP contribution in [-0.2, 0) is 6.18 Å². The Morgan fingerprint density at radius 1 is 0.906 bits per heavy atom. The molecule has 0 amide bonds. The Labute approximate surface area is 195 Å². The Balaban J connectivity index is 1.76. The van der Waals surface area contributed by atoms with Crippen LogP contribution in [0.25, 0.3) is 42.3 Å². The second kappa shape index (κ2) is 7.83. The molecule has 0 aliphatic rings. The number of thiophene rings is 1. The monoisotopic (exact) mass is 488 g/mol. The first-order valence-corrected chi connectivity index (χ1v) is 11.9. The third-order valence-corrected chi connectivity index (χ3v) is 7.88. The highest BCUT2D eigenvalue weighted by molar-refractivity contribution is 7.22. The summed E-state index contributed by atoms with van der Waals surface area (Å²) >= 11 is 9.58. The maximum Gasteiger partial charge on any atom is 0.416 e. The van der Waals surface area contributed by atoms with Crippen molar-refractivity contribution in [3.63, 3.8) is 0 Å². The molecule has 0 atom stereocenters. The Hall–Kier alpha value is -2.48. The van der Waals surface area contributed by atoms with Crippen molar-refractivity contribution in [1.29, 1.82) is 0 Å². The van der Waals surface area contributed by atoms with Gasteiger partial charge < -0.3 is 0 Å². The molecule has 32 heavy (non-hydrogen) atoms. The van der Waals surface area contributed by atoms with Crippen LogP contribution in [0, 0.1) is 0 Å². The van der Waals surface area contributed by atoms with Gasteiger partial charge in [-0.05, 0) is 30.2 Å². The van der Waals surface area contributed by atoms with Gasteiger partial charge in [0.15, 0.2) is 0 Å². The number of nitrogens with zero attached hydrogens (tertiary/aromatic N) is 2. The fraction of sp³-hybridized carbons (Fsp3) is 0.167. The molecular weight excluding hydrogens is 473 g/mol. The van der Waals surface area contributed by atoms with E-state index in [4.69, 9.17) is 21.6 Å². The van der Waals surface area contributed by atoms with Crippen LogP contribution in [-0.4, -0.2) is 9.97 Å². The maximum atomic E-state index is 12.9. The number of hydrogen-bond acceptors (Lipinski definition) is 4. The predicted octanol–water partition coefficient (Wildman–Crippen LogP) is 9.04. The van der Waals surface area contributed by atoms with Gasteiger partial charge in [0.25, 0.3) is 0 Å². The van der Waals surface area contributed by atoms with Crippen molar-refractivity contribution in [1.82, 2.24) is 9.97 Å². The van der Waals surface area contributed by atoms with E-state index in [9.17, 15) is 13.2 Å². The lowest BCUT2D eigenvalue weighted by molar-refractivity contribution is -0.137. The van der Waals surface area contributed by atoms with Gasteiger partial charge in [-0.2, -0.15) is 13.2 Å². The minimum Gasteiger partial charge on any atom is -0.234 e. The first-order chi connectivity index (χ1) is 15.2. The Morgan fingerprint density at radius 2 is 1.62 bits per heavy atom. The lowest BCUT2D eigenvalue weighted by Gasteiger charge is -2.07. The Morgan fingerprint density at radius 3 is 2.28 bits per heavy atom. The Bertz CT molecular complexity index is 1450. The van der Waals surface area contributed by atoms with Crippen LogP contribution >= 0.6 is 34.3 Å². The molecule has 3 heterocycles. The average molecular weight is 489 g/mol. The molecule has 0 unspecified atom stereocenters. The zero-order chi connectivity index (χ0) is 22.6. The number of fused-ring (bicyclic) bond motifs is 2. The summed E-state index contributed by atoms with van der Waals surface area (Å²) in [5.41, 5.74) is 2.42. The van der Waals surface area contributed by atoms with Gasteiger partial charge in [0.1, 0.15) is 20.2 Å². The summed E-state index contributed by atoms with van der Waals surface area (Å²) in [7, 11) is 0. The summed E-state index contributed by atoms with van der Waals surface area (Å²) in [6.07, 6.45) is -4.37. The molecule has 3 aromatic heterocycles. The average Bonchev–Trinajstić information content (AvgIpc) is 3.36. The molecule has 5 rings (SSSR count). The van der Waals surface area contributed by atoms with Gasteiger partial charge in [0, 0.05) is 32.0 Å². The quantitative estimate of drug-likeness (QED) is 0.253. The molecule has 0 N–H and O–H groups in total. The third-order valence-electron chi connectivity index (χ3n) is 5.22. The van der Waals surface area contributed by atoms with E-state index in [1.807, 2.05) is 24.3 Å².